The smallest absolute Gasteiger partial charge is 0.338 e. The highest BCUT2D eigenvalue weighted by Crippen LogP contribution is 2.36. The highest BCUT2D eigenvalue weighted by atomic mass is 32.2. The summed E-state index contributed by atoms with van der Waals surface area (Å²) in [5, 5.41) is -0.563. The van der Waals surface area contributed by atoms with Crippen molar-refractivity contribution in [3.8, 4) is 0 Å². The molecular weight excluding hydrogens is 583 g/mol. The Morgan fingerprint density at radius 1 is 0.837 bits per heavy atom. The number of rotatable bonds is 5. The van der Waals surface area contributed by atoms with E-state index < -0.39 is 17.8 Å². The normalized spacial score (nSPS) is 18.1. The average molecular weight is 614 g/mol. The zero-order chi connectivity index (χ0) is 29.9. The lowest BCUT2D eigenvalue weighted by atomic mass is 10.0. The minimum Gasteiger partial charge on any atom is -0.452 e. The number of benzene rings is 3. The molecule has 0 bridgehead atoms. The number of piperidine rings is 1. The number of para-hydroxylation sites is 2. The van der Waals surface area contributed by atoms with Crippen molar-refractivity contribution in [3.63, 3.8) is 0 Å². The molecule has 3 amide bonds. The molecule has 220 valence electrons. The van der Waals surface area contributed by atoms with Crippen LogP contribution < -0.4 is 9.80 Å². The highest BCUT2D eigenvalue weighted by Gasteiger charge is 2.41. The number of thiocarbonyl (C=S) groups is 1. The van der Waals surface area contributed by atoms with Crippen LogP contribution in [-0.4, -0.2) is 57.9 Å². The van der Waals surface area contributed by atoms with E-state index in [4.69, 9.17) is 17.0 Å². The van der Waals surface area contributed by atoms with Crippen molar-refractivity contribution in [2.24, 2.45) is 0 Å². The molecule has 43 heavy (non-hydrogen) atoms. The molecule has 2 saturated heterocycles. The lowest BCUT2D eigenvalue weighted by Gasteiger charge is -2.29. The van der Waals surface area contributed by atoms with Crippen LogP contribution in [0, 0.1) is 0 Å². The van der Waals surface area contributed by atoms with Gasteiger partial charge in [-0.25, -0.2) is 9.69 Å². The quantitative estimate of drug-likeness (QED) is 0.214. The predicted molar refractivity (Wildman–Crippen MR) is 171 cm³/mol. The molecule has 0 aromatic heterocycles. The molecule has 3 aromatic rings. The van der Waals surface area contributed by atoms with E-state index >= 15 is 0 Å². The first kappa shape index (κ1) is 29.1. The molecule has 10 heteroatoms. The third kappa shape index (κ3) is 6.07. The summed E-state index contributed by atoms with van der Waals surface area (Å²) in [6.45, 7) is 1.32. The van der Waals surface area contributed by atoms with Crippen molar-refractivity contribution >= 4 is 69.1 Å². The van der Waals surface area contributed by atoms with Crippen molar-refractivity contribution in [2.45, 2.75) is 43.8 Å². The zero-order valence-electron chi connectivity index (χ0n) is 23.6. The lowest BCUT2D eigenvalue weighted by molar-refractivity contribution is -0.122. The molecule has 0 spiro atoms. The van der Waals surface area contributed by atoms with Gasteiger partial charge in [-0.1, -0.05) is 60.4 Å². The Morgan fingerprint density at radius 3 is 2.07 bits per heavy atom. The van der Waals surface area contributed by atoms with Crippen LogP contribution in [0.25, 0.3) is 0 Å². The Balaban J connectivity index is 1.10. The first-order valence-corrected chi connectivity index (χ1v) is 15.8. The predicted octanol–water partition coefficient (Wildman–Crippen LogP) is 5.44. The number of likely N-dealkylation sites (tertiary alicyclic amines) is 1. The first-order chi connectivity index (χ1) is 20.9. The minimum atomic E-state index is -0.671. The third-order valence-electron chi connectivity index (χ3n) is 8.03. The molecule has 0 unspecified atom stereocenters. The van der Waals surface area contributed by atoms with Gasteiger partial charge in [0.1, 0.15) is 9.57 Å². The molecule has 3 aliphatic rings. The second kappa shape index (κ2) is 12.7. The number of imide groups is 1. The maximum Gasteiger partial charge on any atom is 0.338 e. The maximum atomic E-state index is 13.5. The van der Waals surface area contributed by atoms with Gasteiger partial charge in [0.25, 0.3) is 5.91 Å². The Bertz CT molecular complexity index is 1540. The van der Waals surface area contributed by atoms with Crippen molar-refractivity contribution in [2.75, 3.05) is 29.5 Å². The Kier molecular flexibility index (Phi) is 8.58. The summed E-state index contributed by atoms with van der Waals surface area (Å²) in [4.78, 5) is 57.2. The van der Waals surface area contributed by atoms with E-state index in [0.717, 1.165) is 66.2 Å². The Hall–Kier alpha value is -4.02. The lowest BCUT2D eigenvalue weighted by Crippen LogP contribution is -2.35. The number of nitrogens with zero attached hydrogens (tertiary/aromatic N) is 3. The maximum absolute atomic E-state index is 13.5. The zero-order valence-corrected chi connectivity index (χ0v) is 25.2. The molecule has 2 fully saturated rings. The van der Waals surface area contributed by atoms with Gasteiger partial charge < -0.3 is 9.64 Å². The number of anilines is 3. The van der Waals surface area contributed by atoms with Gasteiger partial charge in [-0.3, -0.25) is 19.3 Å². The van der Waals surface area contributed by atoms with Gasteiger partial charge in [0, 0.05) is 19.5 Å². The molecule has 0 aliphatic carbocycles. The topological polar surface area (TPSA) is 87.2 Å². The summed E-state index contributed by atoms with van der Waals surface area (Å²) in [7, 11) is 0. The molecule has 0 radical (unpaired) electrons. The average Bonchev–Trinajstić information content (AvgIpc) is 3.21. The standard InChI is InChI=1S/C33H31N3O5S2/c37-29-20-28(43-33(42)34-18-6-1-7-19-34)31(39)35(29)25-16-14-24(15-17-25)32(40)41-21-30(38)36-26-10-4-2-8-22(26)12-13-23-9-3-5-11-27(23)36/h2-5,8-11,14-17,28H,1,6-7,12-13,18-21H2/t28-/m0/s1. The Morgan fingerprint density at radius 2 is 1.44 bits per heavy atom. The van der Waals surface area contributed by atoms with Gasteiger partial charge in [0.2, 0.25) is 11.8 Å². The molecule has 3 heterocycles. The van der Waals surface area contributed by atoms with Crippen LogP contribution >= 0.6 is 24.0 Å². The fraction of sp³-hybridized carbons (Fsp3) is 0.303. The SMILES string of the molecule is O=C(OCC(=O)N1c2ccccc2CCc2ccccc21)c1ccc(N2C(=O)C[C@H](SC(=S)N3CCCCC3)C2=O)cc1. The number of carbonyl (C=O) groups is 4. The van der Waals surface area contributed by atoms with E-state index in [1.54, 1.807) is 17.0 Å². The van der Waals surface area contributed by atoms with Crippen LogP contribution in [0.3, 0.4) is 0 Å². The van der Waals surface area contributed by atoms with Crippen molar-refractivity contribution in [1.82, 2.24) is 4.90 Å². The van der Waals surface area contributed by atoms with Gasteiger partial charge in [-0.05, 0) is 79.6 Å². The number of esters is 1. The molecule has 3 aliphatic heterocycles. The summed E-state index contributed by atoms with van der Waals surface area (Å²) in [5.74, 6) is -1.64. The molecule has 1 atom stereocenters. The number of amides is 3. The van der Waals surface area contributed by atoms with E-state index in [1.165, 1.54) is 30.3 Å². The Labute approximate surface area is 260 Å². The van der Waals surface area contributed by atoms with E-state index in [1.807, 2.05) is 48.5 Å². The number of hydrogen-bond acceptors (Lipinski definition) is 7. The number of hydrogen-bond donors (Lipinski definition) is 0. The van der Waals surface area contributed by atoms with E-state index in [2.05, 4.69) is 4.90 Å². The van der Waals surface area contributed by atoms with Gasteiger partial charge in [0.15, 0.2) is 6.61 Å². The van der Waals surface area contributed by atoms with Crippen molar-refractivity contribution in [1.29, 1.82) is 0 Å². The molecular formula is C33H31N3O5S2. The van der Waals surface area contributed by atoms with Crippen molar-refractivity contribution < 1.29 is 23.9 Å². The number of aryl methyl sites for hydroxylation is 2. The van der Waals surface area contributed by atoms with Crippen LogP contribution in [0.1, 0.15) is 47.2 Å². The second-order valence-electron chi connectivity index (χ2n) is 10.8. The largest absolute Gasteiger partial charge is 0.452 e. The number of thioether (sulfide) groups is 1. The van der Waals surface area contributed by atoms with Gasteiger partial charge in [-0.15, -0.1) is 0 Å². The van der Waals surface area contributed by atoms with E-state index in [0.29, 0.717) is 10.0 Å². The summed E-state index contributed by atoms with van der Waals surface area (Å²) in [6.07, 6.45) is 5.01. The molecule has 6 rings (SSSR count). The van der Waals surface area contributed by atoms with Crippen LogP contribution in [0.4, 0.5) is 17.1 Å². The number of ether oxygens (including phenoxy) is 1. The second-order valence-corrected chi connectivity index (χ2v) is 12.6. The fourth-order valence-electron chi connectivity index (χ4n) is 5.81. The third-order valence-corrected chi connectivity index (χ3v) is 9.69. The van der Waals surface area contributed by atoms with Gasteiger partial charge >= 0.3 is 5.97 Å². The first-order valence-electron chi connectivity index (χ1n) is 14.5. The van der Waals surface area contributed by atoms with Crippen LogP contribution in [0.5, 0.6) is 0 Å². The van der Waals surface area contributed by atoms with E-state index in [9.17, 15) is 19.2 Å². The fourth-order valence-corrected chi connectivity index (χ4v) is 7.35. The van der Waals surface area contributed by atoms with Crippen LogP contribution in [0.15, 0.2) is 72.8 Å². The molecule has 8 nitrogen and oxygen atoms in total. The monoisotopic (exact) mass is 613 g/mol. The molecule has 0 N–H and O–H groups in total. The van der Waals surface area contributed by atoms with Crippen LogP contribution in [-0.2, 0) is 32.0 Å². The van der Waals surface area contributed by atoms with Crippen molar-refractivity contribution in [3.05, 3.63) is 89.5 Å². The number of fused-ring (bicyclic) bond motifs is 2. The summed E-state index contributed by atoms with van der Waals surface area (Å²) in [5.41, 5.74) is 4.26. The highest BCUT2D eigenvalue weighted by molar-refractivity contribution is 8.23. The molecule has 3 aromatic carbocycles. The summed E-state index contributed by atoms with van der Waals surface area (Å²) in [6, 6.07) is 21.6. The summed E-state index contributed by atoms with van der Waals surface area (Å²) < 4.78 is 6.10. The van der Waals surface area contributed by atoms with Crippen LogP contribution in [0.2, 0.25) is 0 Å². The van der Waals surface area contributed by atoms with E-state index in [-0.39, 0.29) is 29.7 Å². The van der Waals surface area contributed by atoms with Gasteiger partial charge in [0.05, 0.1) is 22.6 Å². The number of carbonyl (C=O) groups excluding carboxylic acids is 4. The minimum absolute atomic E-state index is 0.0755. The summed E-state index contributed by atoms with van der Waals surface area (Å²) >= 11 is 6.84. The van der Waals surface area contributed by atoms with Gasteiger partial charge in [-0.2, -0.15) is 0 Å². The molecule has 0 saturated carbocycles.